The number of aromatic nitrogens is 3. The molecule has 17 heavy (non-hydrogen) atoms. The first-order valence-corrected chi connectivity index (χ1v) is 6.88. The average molecular weight is 237 g/mol. The Balaban J connectivity index is 2.26. The molecule has 96 valence electrons. The summed E-state index contributed by atoms with van der Waals surface area (Å²) in [6.07, 6.45) is 6.97. The fourth-order valence-electron chi connectivity index (χ4n) is 2.61. The summed E-state index contributed by atoms with van der Waals surface area (Å²) in [4.78, 5) is 4.53. The van der Waals surface area contributed by atoms with Crippen molar-refractivity contribution in [3.8, 4) is 0 Å². The number of hydrogen-bond donors (Lipinski definition) is 1. The zero-order valence-electron chi connectivity index (χ0n) is 10.9. The van der Waals surface area contributed by atoms with Crippen LogP contribution < -0.4 is 0 Å². The summed E-state index contributed by atoms with van der Waals surface area (Å²) in [7, 11) is 0. The summed E-state index contributed by atoms with van der Waals surface area (Å²) < 4.78 is 1.99. The highest BCUT2D eigenvalue weighted by atomic mass is 16.3. The summed E-state index contributed by atoms with van der Waals surface area (Å²) in [6.45, 7) is 4.17. The van der Waals surface area contributed by atoms with Crippen LogP contribution in [-0.4, -0.2) is 26.0 Å². The van der Waals surface area contributed by atoms with Crippen molar-refractivity contribution in [1.29, 1.82) is 0 Å². The van der Waals surface area contributed by atoms with Gasteiger partial charge in [-0.25, -0.2) is 9.67 Å². The van der Waals surface area contributed by atoms with E-state index in [2.05, 4.69) is 23.9 Å². The maximum absolute atomic E-state index is 10.2. The molecule has 0 amide bonds. The molecule has 0 spiro atoms. The average Bonchev–Trinajstić information content (AvgIpc) is 2.65. The molecule has 1 heterocycles. The molecule has 0 bridgehead atoms. The van der Waals surface area contributed by atoms with Crippen LogP contribution in [0.4, 0.5) is 0 Å². The Morgan fingerprint density at radius 3 is 2.65 bits per heavy atom. The summed E-state index contributed by atoms with van der Waals surface area (Å²) in [5.74, 6) is 1.92. The quantitative estimate of drug-likeness (QED) is 0.820. The number of aliphatic hydroxyl groups excluding tert-OH is 1. The molecule has 1 aromatic rings. The van der Waals surface area contributed by atoms with Gasteiger partial charge in [0.15, 0.2) is 5.82 Å². The van der Waals surface area contributed by atoms with E-state index in [0.717, 1.165) is 43.8 Å². The van der Waals surface area contributed by atoms with Crippen molar-refractivity contribution in [2.45, 2.75) is 70.9 Å². The zero-order valence-corrected chi connectivity index (χ0v) is 10.9. The Kier molecular flexibility index (Phi) is 4.15. The van der Waals surface area contributed by atoms with Gasteiger partial charge in [-0.1, -0.05) is 33.1 Å². The minimum absolute atomic E-state index is 0.139. The van der Waals surface area contributed by atoms with Gasteiger partial charge in [-0.3, -0.25) is 0 Å². The zero-order chi connectivity index (χ0) is 12.3. The monoisotopic (exact) mass is 237 g/mol. The van der Waals surface area contributed by atoms with Crippen LogP contribution in [0, 0.1) is 0 Å². The second kappa shape index (κ2) is 5.63. The molecule has 2 atom stereocenters. The van der Waals surface area contributed by atoms with Gasteiger partial charge >= 0.3 is 0 Å². The Labute approximate surface area is 103 Å². The molecular formula is C13H23N3O. The minimum Gasteiger partial charge on any atom is -0.391 e. The molecule has 0 aliphatic heterocycles. The molecule has 1 saturated carbocycles. The van der Waals surface area contributed by atoms with Gasteiger partial charge in [-0.15, -0.1) is 0 Å². The molecule has 0 saturated heterocycles. The molecule has 2 rings (SSSR count). The molecule has 0 radical (unpaired) electrons. The molecule has 4 nitrogen and oxygen atoms in total. The lowest BCUT2D eigenvalue weighted by molar-refractivity contribution is 0.0971. The molecule has 1 fully saturated rings. The van der Waals surface area contributed by atoms with E-state index in [1.807, 2.05) is 4.68 Å². The number of rotatable bonds is 3. The number of hydrogen-bond acceptors (Lipinski definition) is 3. The lowest BCUT2D eigenvalue weighted by atomic mass is 10.1. The normalized spacial score (nSPS) is 25.8. The highest BCUT2D eigenvalue weighted by Crippen LogP contribution is 2.28. The third kappa shape index (κ3) is 2.68. The largest absolute Gasteiger partial charge is 0.391 e. The van der Waals surface area contributed by atoms with Crippen molar-refractivity contribution < 1.29 is 5.11 Å². The summed E-state index contributed by atoms with van der Waals surface area (Å²) in [5.41, 5.74) is 0. The lowest BCUT2D eigenvalue weighted by Gasteiger charge is -2.21. The molecule has 1 aromatic heterocycles. The first-order chi connectivity index (χ1) is 8.26. The lowest BCUT2D eigenvalue weighted by Crippen LogP contribution is -2.25. The molecular weight excluding hydrogens is 214 g/mol. The number of aliphatic hydroxyl groups is 1. The topological polar surface area (TPSA) is 50.9 Å². The van der Waals surface area contributed by atoms with E-state index >= 15 is 0 Å². The number of aryl methyl sites for hydroxylation is 2. The van der Waals surface area contributed by atoms with Gasteiger partial charge in [0, 0.05) is 12.8 Å². The van der Waals surface area contributed by atoms with Crippen LogP contribution in [0.3, 0.4) is 0 Å². The van der Waals surface area contributed by atoms with Crippen LogP contribution in [0.15, 0.2) is 0 Å². The summed E-state index contributed by atoms with van der Waals surface area (Å²) in [5, 5.41) is 14.8. The van der Waals surface area contributed by atoms with E-state index in [0.29, 0.717) is 0 Å². The maximum atomic E-state index is 10.2. The SMILES string of the molecule is CCc1nc(CC)n(C2CCCCCC2O)n1. The Bertz CT molecular complexity index is 362. The fraction of sp³-hybridized carbons (Fsp3) is 0.846. The van der Waals surface area contributed by atoms with E-state index < -0.39 is 0 Å². The predicted molar refractivity (Wildman–Crippen MR) is 66.9 cm³/mol. The van der Waals surface area contributed by atoms with E-state index in [-0.39, 0.29) is 12.1 Å². The number of nitrogens with zero attached hydrogens (tertiary/aromatic N) is 3. The van der Waals surface area contributed by atoms with Gasteiger partial charge in [0.2, 0.25) is 0 Å². The van der Waals surface area contributed by atoms with Gasteiger partial charge < -0.3 is 5.11 Å². The smallest absolute Gasteiger partial charge is 0.150 e. The van der Waals surface area contributed by atoms with Crippen LogP contribution in [0.25, 0.3) is 0 Å². The molecule has 4 heteroatoms. The van der Waals surface area contributed by atoms with Crippen molar-refractivity contribution in [3.63, 3.8) is 0 Å². The van der Waals surface area contributed by atoms with E-state index in [1.54, 1.807) is 0 Å². The van der Waals surface area contributed by atoms with Crippen molar-refractivity contribution in [2.24, 2.45) is 0 Å². The second-order valence-corrected chi connectivity index (χ2v) is 4.87. The third-order valence-corrected chi connectivity index (χ3v) is 3.64. The van der Waals surface area contributed by atoms with Gasteiger partial charge in [0.25, 0.3) is 0 Å². The molecule has 1 aliphatic carbocycles. The highest BCUT2D eigenvalue weighted by molar-refractivity contribution is 4.96. The second-order valence-electron chi connectivity index (χ2n) is 4.87. The van der Waals surface area contributed by atoms with Crippen molar-refractivity contribution in [3.05, 3.63) is 11.6 Å². The first kappa shape index (κ1) is 12.6. The van der Waals surface area contributed by atoms with E-state index in [4.69, 9.17) is 0 Å². The van der Waals surface area contributed by atoms with Crippen LogP contribution in [0.1, 0.15) is 63.6 Å². The third-order valence-electron chi connectivity index (χ3n) is 3.64. The van der Waals surface area contributed by atoms with Crippen molar-refractivity contribution in [1.82, 2.24) is 14.8 Å². The van der Waals surface area contributed by atoms with Gasteiger partial charge in [0.05, 0.1) is 12.1 Å². The predicted octanol–water partition coefficient (Wildman–Crippen LogP) is 2.27. The van der Waals surface area contributed by atoms with E-state index in [1.165, 1.54) is 12.8 Å². The van der Waals surface area contributed by atoms with E-state index in [9.17, 15) is 5.11 Å². The highest BCUT2D eigenvalue weighted by Gasteiger charge is 2.26. The van der Waals surface area contributed by atoms with Gasteiger partial charge in [0.1, 0.15) is 5.82 Å². The van der Waals surface area contributed by atoms with Crippen LogP contribution in [-0.2, 0) is 12.8 Å². The molecule has 0 aromatic carbocycles. The van der Waals surface area contributed by atoms with Gasteiger partial charge in [-0.2, -0.15) is 5.10 Å². The van der Waals surface area contributed by atoms with Crippen molar-refractivity contribution >= 4 is 0 Å². The molecule has 1 aliphatic rings. The Hall–Kier alpha value is -0.900. The Morgan fingerprint density at radius 2 is 1.94 bits per heavy atom. The summed E-state index contributed by atoms with van der Waals surface area (Å²) >= 11 is 0. The van der Waals surface area contributed by atoms with Crippen LogP contribution >= 0.6 is 0 Å². The van der Waals surface area contributed by atoms with Crippen LogP contribution in [0.2, 0.25) is 0 Å². The first-order valence-electron chi connectivity index (χ1n) is 6.88. The Morgan fingerprint density at radius 1 is 1.18 bits per heavy atom. The minimum atomic E-state index is -0.255. The van der Waals surface area contributed by atoms with Crippen LogP contribution in [0.5, 0.6) is 0 Å². The molecule has 2 unspecified atom stereocenters. The maximum Gasteiger partial charge on any atom is 0.150 e. The van der Waals surface area contributed by atoms with Crippen molar-refractivity contribution in [2.75, 3.05) is 0 Å². The summed E-state index contributed by atoms with van der Waals surface area (Å²) in [6, 6.07) is 0.139. The fourth-order valence-corrected chi connectivity index (χ4v) is 2.61. The van der Waals surface area contributed by atoms with Gasteiger partial charge in [-0.05, 0) is 12.8 Å². The standard InChI is InChI=1S/C13H23N3O/c1-3-12-14-13(4-2)16(15-12)10-8-6-5-7-9-11(10)17/h10-11,17H,3-9H2,1-2H3. The molecule has 1 N–H and O–H groups in total.